The second-order valence-electron chi connectivity index (χ2n) is 7.56. The summed E-state index contributed by atoms with van der Waals surface area (Å²) in [6.07, 6.45) is 3.24. The van der Waals surface area contributed by atoms with Crippen molar-refractivity contribution in [3.8, 4) is 11.5 Å². The van der Waals surface area contributed by atoms with E-state index in [1.165, 1.54) is 18.5 Å². The van der Waals surface area contributed by atoms with E-state index in [1.807, 2.05) is 12.1 Å². The van der Waals surface area contributed by atoms with Gasteiger partial charge in [0.1, 0.15) is 25.1 Å². The average molecular weight is 474 g/mol. The highest BCUT2D eigenvalue weighted by Gasteiger charge is 2.18. The van der Waals surface area contributed by atoms with E-state index in [0.717, 1.165) is 43.6 Å². The van der Waals surface area contributed by atoms with Crippen molar-refractivity contribution in [2.75, 3.05) is 45.8 Å². The molecule has 0 spiro atoms. The number of nitrogens with one attached hydrogen (secondary N) is 1. The number of methoxy groups -OCH3 is 1. The second kappa shape index (κ2) is 10.6. The third-order valence-electron chi connectivity index (χ3n) is 5.32. The van der Waals surface area contributed by atoms with Crippen LogP contribution in [-0.2, 0) is 4.84 Å². The molecule has 0 radical (unpaired) electrons. The third kappa shape index (κ3) is 5.61. The topological polar surface area (TPSA) is 81.1 Å². The van der Waals surface area contributed by atoms with Gasteiger partial charge in [0, 0.05) is 43.2 Å². The summed E-state index contributed by atoms with van der Waals surface area (Å²) in [5.74, 6) is 1.26. The molecule has 2 heterocycles. The van der Waals surface area contributed by atoms with Gasteiger partial charge in [0.15, 0.2) is 11.5 Å². The number of halogens is 2. The number of rotatable bonds is 9. The number of oxime groups is 1. The monoisotopic (exact) mass is 473 g/mol. The summed E-state index contributed by atoms with van der Waals surface area (Å²) in [7, 11) is 3.16. The molecule has 0 saturated carbocycles. The van der Waals surface area contributed by atoms with Crippen LogP contribution in [0.15, 0.2) is 41.8 Å². The molecule has 2 aromatic carbocycles. The molecular formula is C23H25ClFN5O3. The van der Waals surface area contributed by atoms with Crippen LogP contribution in [0.1, 0.15) is 12.8 Å². The minimum absolute atomic E-state index is 0.0302. The number of anilines is 2. The maximum atomic E-state index is 13.5. The zero-order valence-electron chi connectivity index (χ0n) is 18.5. The summed E-state index contributed by atoms with van der Waals surface area (Å²) in [6, 6.07) is 8.06. The van der Waals surface area contributed by atoms with Gasteiger partial charge in [0.05, 0.1) is 30.0 Å². The first-order valence-corrected chi connectivity index (χ1v) is 10.9. The maximum absolute atomic E-state index is 13.5. The van der Waals surface area contributed by atoms with Crippen molar-refractivity contribution in [2.45, 2.75) is 12.8 Å². The molecule has 1 N–H and O–H groups in total. The molecule has 33 heavy (non-hydrogen) atoms. The number of aromatic nitrogens is 2. The Balaban J connectivity index is 1.46. The van der Waals surface area contributed by atoms with Gasteiger partial charge in [-0.05, 0) is 30.7 Å². The number of benzene rings is 2. The zero-order valence-corrected chi connectivity index (χ0v) is 19.2. The van der Waals surface area contributed by atoms with Crippen LogP contribution in [0, 0.1) is 5.82 Å². The van der Waals surface area contributed by atoms with Gasteiger partial charge in [-0.3, -0.25) is 4.90 Å². The number of hydrogen-bond acceptors (Lipinski definition) is 8. The Bertz CT molecular complexity index is 1160. The number of fused-ring (bicyclic) bond motifs is 1. The van der Waals surface area contributed by atoms with Gasteiger partial charge >= 0.3 is 0 Å². The number of nitrogens with zero attached hydrogens (tertiary/aromatic N) is 4. The van der Waals surface area contributed by atoms with Crippen LogP contribution in [-0.4, -0.2) is 61.0 Å². The molecule has 0 aliphatic carbocycles. The lowest BCUT2D eigenvalue weighted by atomic mass is 10.2. The molecule has 0 amide bonds. The Labute approximate surface area is 196 Å². The highest BCUT2D eigenvalue weighted by molar-refractivity contribution is 6.31. The van der Waals surface area contributed by atoms with Gasteiger partial charge in [-0.1, -0.05) is 16.8 Å². The van der Waals surface area contributed by atoms with Crippen molar-refractivity contribution in [3.63, 3.8) is 0 Å². The fourth-order valence-corrected chi connectivity index (χ4v) is 3.90. The van der Waals surface area contributed by atoms with Crippen molar-refractivity contribution < 1.29 is 18.7 Å². The van der Waals surface area contributed by atoms with Crippen LogP contribution in [0.2, 0.25) is 5.02 Å². The van der Waals surface area contributed by atoms with E-state index in [-0.39, 0.29) is 5.02 Å². The molecule has 3 aromatic rings. The molecule has 0 bridgehead atoms. The Hall–Kier alpha value is -3.17. The molecule has 1 saturated heterocycles. The summed E-state index contributed by atoms with van der Waals surface area (Å²) >= 11 is 5.90. The van der Waals surface area contributed by atoms with Gasteiger partial charge in [-0.15, -0.1) is 0 Å². The molecule has 1 fully saturated rings. The lowest BCUT2D eigenvalue weighted by Crippen LogP contribution is -2.23. The minimum atomic E-state index is -0.480. The summed E-state index contributed by atoms with van der Waals surface area (Å²) in [5.41, 5.74) is 2.37. The van der Waals surface area contributed by atoms with Crippen LogP contribution >= 0.6 is 11.6 Å². The van der Waals surface area contributed by atoms with Crippen LogP contribution in [0.4, 0.5) is 15.9 Å². The van der Waals surface area contributed by atoms with E-state index in [1.54, 1.807) is 20.3 Å². The zero-order chi connectivity index (χ0) is 23.2. The first-order valence-electron chi connectivity index (χ1n) is 10.6. The largest absolute Gasteiger partial charge is 0.493 e. The van der Waals surface area contributed by atoms with E-state index < -0.39 is 5.82 Å². The van der Waals surface area contributed by atoms with Gasteiger partial charge in [0.2, 0.25) is 0 Å². The first kappa shape index (κ1) is 23.0. The fourth-order valence-electron chi connectivity index (χ4n) is 3.71. The molecule has 8 nitrogen and oxygen atoms in total. The summed E-state index contributed by atoms with van der Waals surface area (Å²) in [6.45, 7) is 3.23. The highest BCUT2D eigenvalue weighted by atomic mass is 35.5. The Kier molecular flexibility index (Phi) is 7.41. The predicted molar refractivity (Wildman–Crippen MR) is 126 cm³/mol. The molecule has 4 rings (SSSR count). The Morgan fingerprint density at radius 2 is 2.06 bits per heavy atom. The van der Waals surface area contributed by atoms with Crippen LogP contribution in [0.5, 0.6) is 11.5 Å². The molecule has 1 aromatic heterocycles. The highest BCUT2D eigenvalue weighted by Crippen LogP contribution is 2.35. The molecule has 0 atom stereocenters. The fraction of sp³-hybridized carbons (Fsp3) is 0.348. The minimum Gasteiger partial charge on any atom is -0.493 e. The van der Waals surface area contributed by atoms with Gasteiger partial charge in [-0.25, -0.2) is 14.4 Å². The van der Waals surface area contributed by atoms with Crippen molar-refractivity contribution >= 4 is 39.7 Å². The average Bonchev–Trinajstić information content (AvgIpc) is 3.26. The quantitative estimate of drug-likeness (QED) is 0.358. The molecule has 174 valence electrons. The smallest absolute Gasteiger partial charge is 0.162 e. The van der Waals surface area contributed by atoms with Gasteiger partial charge in [0.25, 0.3) is 0 Å². The van der Waals surface area contributed by atoms with E-state index >= 15 is 0 Å². The first-order chi connectivity index (χ1) is 16.1. The van der Waals surface area contributed by atoms with E-state index in [2.05, 4.69) is 25.3 Å². The van der Waals surface area contributed by atoms with Crippen LogP contribution < -0.4 is 14.8 Å². The molecule has 1 aliphatic rings. The second-order valence-corrected chi connectivity index (χ2v) is 7.97. The lowest BCUT2D eigenvalue weighted by Gasteiger charge is -2.16. The number of likely N-dealkylation sites (tertiary alicyclic amines) is 1. The SMILES string of the molecule is CO/N=C1/CCN(CCCOc2cc3c(Nc4ccc(F)c(Cl)c4)ncnc3cc2OC)C1. The number of hydrogen-bond donors (Lipinski definition) is 1. The maximum Gasteiger partial charge on any atom is 0.162 e. The van der Waals surface area contributed by atoms with Crippen molar-refractivity contribution in [1.29, 1.82) is 0 Å². The summed E-state index contributed by atoms with van der Waals surface area (Å²) in [4.78, 5) is 15.9. The standard InChI is InChI=1S/C23H25ClFN5O3/c1-31-21-12-20-17(23(27-14-26-20)28-15-4-5-19(25)18(24)10-15)11-22(21)33-9-3-7-30-8-6-16(13-30)29-32-2/h4-5,10-12,14H,3,6-9,13H2,1-2H3,(H,26,27,28)/b29-16-. The van der Waals surface area contributed by atoms with Gasteiger partial charge in [-0.2, -0.15) is 0 Å². The summed E-state index contributed by atoms with van der Waals surface area (Å²) < 4.78 is 25.1. The van der Waals surface area contributed by atoms with Crippen molar-refractivity contribution in [1.82, 2.24) is 14.9 Å². The van der Waals surface area contributed by atoms with E-state index in [0.29, 0.717) is 35.1 Å². The van der Waals surface area contributed by atoms with E-state index in [9.17, 15) is 4.39 Å². The molecule has 0 unspecified atom stereocenters. The predicted octanol–water partition coefficient (Wildman–Crippen LogP) is 4.65. The van der Waals surface area contributed by atoms with Crippen LogP contribution in [0.25, 0.3) is 10.9 Å². The molecule has 10 heteroatoms. The number of ether oxygens (including phenoxy) is 2. The van der Waals surface area contributed by atoms with Crippen molar-refractivity contribution in [3.05, 3.63) is 47.5 Å². The lowest BCUT2D eigenvalue weighted by molar-refractivity contribution is 0.212. The summed E-state index contributed by atoms with van der Waals surface area (Å²) in [5, 5.41) is 7.98. The van der Waals surface area contributed by atoms with Crippen molar-refractivity contribution in [2.24, 2.45) is 5.16 Å². The van der Waals surface area contributed by atoms with E-state index in [4.69, 9.17) is 25.9 Å². The molecule has 1 aliphatic heterocycles. The third-order valence-corrected chi connectivity index (χ3v) is 5.61. The molecular weight excluding hydrogens is 449 g/mol. The Morgan fingerprint density at radius 3 is 2.85 bits per heavy atom. The van der Waals surface area contributed by atoms with Crippen LogP contribution in [0.3, 0.4) is 0 Å². The Morgan fingerprint density at radius 1 is 1.18 bits per heavy atom. The van der Waals surface area contributed by atoms with Gasteiger partial charge < -0.3 is 19.6 Å². The normalized spacial score (nSPS) is 15.2.